The Morgan fingerprint density at radius 1 is 1.37 bits per heavy atom. The molecule has 0 saturated carbocycles. The number of rotatable bonds is 3. The summed E-state index contributed by atoms with van der Waals surface area (Å²) < 4.78 is 0. The maximum Gasteiger partial charge on any atom is 0.327 e. The predicted molar refractivity (Wildman–Crippen MR) is 73.5 cm³/mol. The van der Waals surface area contributed by atoms with Crippen molar-refractivity contribution >= 4 is 11.9 Å². The molecule has 0 unspecified atom stereocenters. The molecular weight excluding hydrogens is 240 g/mol. The summed E-state index contributed by atoms with van der Waals surface area (Å²) >= 11 is 0. The minimum Gasteiger partial charge on any atom is -0.325 e. The van der Waals surface area contributed by atoms with Gasteiger partial charge >= 0.3 is 6.03 Å². The summed E-state index contributed by atoms with van der Waals surface area (Å²) in [7, 11) is 1.74. The molecule has 4 heteroatoms. The van der Waals surface area contributed by atoms with Crippen molar-refractivity contribution < 1.29 is 9.59 Å². The molecule has 0 N–H and O–H groups in total. The summed E-state index contributed by atoms with van der Waals surface area (Å²) in [6, 6.07) is 9.38. The Balaban J connectivity index is 2.32. The smallest absolute Gasteiger partial charge is 0.325 e. The average Bonchev–Trinajstić information content (AvgIpc) is 2.74. The van der Waals surface area contributed by atoms with Crippen LogP contribution in [0, 0.1) is 5.92 Å². The van der Waals surface area contributed by atoms with E-state index in [0.29, 0.717) is 6.54 Å². The lowest BCUT2D eigenvalue weighted by atomic mass is 10.0. The molecule has 1 aliphatic heterocycles. The molecule has 1 heterocycles. The van der Waals surface area contributed by atoms with E-state index in [0.717, 1.165) is 12.0 Å². The molecule has 1 aromatic carbocycles. The van der Waals surface area contributed by atoms with Crippen LogP contribution in [0.25, 0.3) is 0 Å². The van der Waals surface area contributed by atoms with Crippen LogP contribution in [-0.4, -0.2) is 35.3 Å². The van der Waals surface area contributed by atoms with E-state index in [4.69, 9.17) is 0 Å². The van der Waals surface area contributed by atoms with Gasteiger partial charge in [-0.3, -0.25) is 9.69 Å². The van der Waals surface area contributed by atoms with Gasteiger partial charge in [-0.25, -0.2) is 4.79 Å². The SMILES string of the molecule is CC[C@H](C)C(=O)N1C(=O)N(C)C[C@H]1c1ccccc1. The van der Waals surface area contributed by atoms with Crippen molar-refractivity contribution in [1.82, 2.24) is 9.80 Å². The third-order valence-electron chi connectivity index (χ3n) is 3.75. The third-order valence-corrected chi connectivity index (χ3v) is 3.75. The standard InChI is InChI=1S/C15H20N2O2/c1-4-11(2)14(18)17-13(10-16(3)15(17)19)12-8-6-5-7-9-12/h5-9,11,13H,4,10H2,1-3H3/t11-,13-/m0/s1. The van der Waals surface area contributed by atoms with E-state index >= 15 is 0 Å². The first-order valence-electron chi connectivity index (χ1n) is 6.69. The minimum absolute atomic E-state index is 0.0781. The van der Waals surface area contributed by atoms with Crippen LogP contribution >= 0.6 is 0 Å². The number of carbonyl (C=O) groups is 2. The summed E-state index contributed by atoms with van der Waals surface area (Å²) in [5.74, 6) is -0.202. The molecule has 0 aromatic heterocycles. The van der Waals surface area contributed by atoms with Crippen LogP contribution in [0.4, 0.5) is 4.79 Å². The molecule has 3 amide bonds. The molecule has 0 aliphatic carbocycles. The molecule has 102 valence electrons. The maximum absolute atomic E-state index is 12.4. The van der Waals surface area contributed by atoms with E-state index in [1.807, 2.05) is 44.2 Å². The van der Waals surface area contributed by atoms with Gasteiger partial charge in [-0.2, -0.15) is 0 Å². The zero-order valence-electron chi connectivity index (χ0n) is 11.7. The van der Waals surface area contributed by atoms with Crippen LogP contribution in [0.15, 0.2) is 30.3 Å². The predicted octanol–water partition coefficient (Wildman–Crippen LogP) is 2.67. The fraction of sp³-hybridized carbons (Fsp3) is 0.467. The summed E-state index contributed by atoms with van der Waals surface area (Å²) in [5, 5.41) is 0. The molecule has 19 heavy (non-hydrogen) atoms. The van der Waals surface area contributed by atoms with Crippen molar-refractivity contribution in [2.75, 3.05) is 13.6 Å². The molecule has 4 nitrogen and oxygen atoms in total. The number of likely N-dealkylation sites (N-methyl/N-ethyl adjacent to an activating group) is 1. The number of carbonyl (C=O) groups excluding carboxylic acids is 2. The fourth-order valence-electron chi connectivity index (χ4n) is 2.33. The Bertz CT molecular complexity index is 472. The number of imide groups is 1. The van der Waals surface area contributed by atoms with Crippen molar-refractivity contribution in [3.05, 3.63) is 35.9 Å². The number of urea groups is 1. The van der Waals surface area contributed by atoms with Gasteiger partial charge in [0.1, 0.15) is 0 Å². The van der Waals surface area contributed by atoms with Gasteiger partial charge in [0.15, 0.2) is 0 Å². The van der Waals surface area contributed by atoms with E-state index in [1.165, 1.54) is 4.90 Å². The number of nitrogens with zero attached hydrogens (tertiary/aromatic N) is 2. The van der Waals surface area contributed by atoms with E-state index in [2.05, 4.69) is 0 Å². The van der Waals surface area contributed by atoms with Gasteiger partial charge in [-0.15, -0.1) is 0 Å². The minimum atomic E-state index is -0.195. The van der Waals surface area contributed by atoms with Crippen molar-refractivity contribution in [2.45, 2.75) is 26.3 Å². The van der Waals surface area contributed by atoms with Gasteiger partial charge in [-0.1, -0.05) is 44.2 Å². The van der Waals surface area contributed by atoms with Crippen LogP contribution in [0.5, 0.6) is 0 Å². The van der Waals surface area contributed by atoms with Crippen molar-refractivity contribution in [1.29, 1.82) is 0 Å². The van der Waals surface area contributed by atoms with Gasteiger partial charge in [0, 0.05) is 19.5 Å². The molecule has 2 atom stereocenters. The molecule has 1 saturated heterocycles. The molecule has 0 bridgehead atoms. The Kier molecular flexibility index (Phi) is 3.88. The first-order chi connectivity index (χ1) is 9.06. The highest BCUT2D eigenvalue weighted by molar-refractivity contribution is 5.97. The Morgan fingerprint density at radius 3 is 2.58 bits per heavy atom. The van der Waals surface area contributed by atoms with Crippen LogP contribution in [0.3, 0.4) is 0 Å². The van der Waals surface area contributed by atoms with Crippen molar-refractivity contribution in [3.8, 4) is 0 Å². The molecule has 1 aromatic rings. The van der Waals surface area contributed by atoms with Gasteiger partial charge in [0.2, 0.25) is 5.91 Å². The maximum atomic E-state index is 12.4. The zero-order valence-corrected chi connectivity index (χ0v) is 11.7. The molecule has 1 aliphatic rings. The van der Waals surface area contributed by atoms with Crippen molar-refractivity contribution in [2.24, 2.45) is 5.92 Å². The highest BCUT2D eigenvalue weighted by Gasteiger charge is 2.41. The number of hydrogen-bond donors (Lipinski definition) is 0. The lowest BCUT2D eigenvalue weighted by Crippen LogP contribution is -2.39. The summed E-state index contributed by atoms with van der Waals surface area (Å²) in [5.41, 5.74) is 1.01. The molecular formula is C15H20N2O2. The second-order valence-electron chi connectivity index (χ2n) is 5.11. The first kappa shape index (κ1) is 13.6. The van der Waals surface area contributed by atoms with Crippen LogP contribution < -0.4 is 0 Å². The van der Waals surface area contributed by atoms with E-state index in [9.17, 15) is 9.59 Å². The summed E-state index contributed by atoms with van der Waals surface area (Å²) in [4.78, 5) is 27.6. The molecule has 0 spiro atoms. The van der Waals surface area contributed by atoms with Crippen molar-refractivity contribution in [3.63, 3.8) is 0 Å². The second-order valence-corrected chi connectivity index (χ2v) is 5.11. The summed E-state index contributed by atoms with van der Waals surface area (Å²) in [6.07, 6.45) is 0.744. The Morgan fingerprint density at radius 2 is 2.00 bits per heavy atom. The van der Waals surface area contributed by atoms with Crippen LogP contribution in [-0.2, 0) is 4.79 Å². The molecule has 2 rings (SSSR count). The monoisotopic (exact) mass is 260 g/mol. The van der Waals surface area contributed by atoms with E-state index < -0.39 is 0 Å². The van der Waals surface area contributed by atoms with Crippen LogP contribution in [0.2, 0.25) is 0 Å². The molecule has 1 fully saturated rings. The van der Waals surface area contributed by atoms with Gasteiger partial charge in [0.05, 0.1) is 6.04 Å². The number of amides is 3. The topological polar surface area (TPSA) is 40.6 Å². The zero-order chi connectivity index (χ0) is 14.0. The third kappa shape index (κ3) is 2.48. The molecule has 0 radical (unpaired) electrons. The Labute approximate surface area is 114 Å². The van der Waals surface area contributed by atoms with E-state index in [-0.39, 0.29) is 23.9 Å². The summed E-state index contributed by atoms with van der Waals surface area (Å²) in [6.45, 7) is 4.39. The first-order valence-corrected chi connectivity index (χ1v) is 6.69. The highest BCUT2D eigenvalue weighted by Crippen LogP contribution is 2.30. The second kappa shape index (κ2) is 5.43. The van der Waals surface area contributed by atoms with Gasteiger partial charge in [0.25, 0.3) is 0 Å². The number of benzene rings is 1. The quantitative estimate of drug-likeness (QED) is 0.838. The fourth-order valence-corrected chi connectivity index (χ4v) is 2.33. The number of hydrogen-bond acceptors (Lipinski definition) is 2. The lowest BCUT2D eigenvalue weighted by molar-refractivity contribution is -0.133. The largest absolute Gasteiger partial charge is 0.327 e. The Hall–Kier alpha value is -1.84. The van der Waals surface area contributed by atoms with Gasteiger partial charge < -0.3 is 4.90 Å². The van der Waals surface area contributed by atoms with Gasteiger partial charge in [-0.05, 0) is 12.0 Å². The van der Waals surface area contributed by atoms with Crippen LogP contribution in [0.1, 0.15) is 31.9 Å². The lowest BCUT2D eigenvalue weighted by Gasteiger charge is -2.24. The normalized spacial score (nSPS) is 20.8. The average molecular weight is 260 g/mol. The highest BCUT2D eigenvalue weighted by atomic mass is 16.2. The van der Waals surface area contributed by atoms with E-state index in [1.54, 1.807) is 11.9 Å².